The first-order valence-electron chi connectivity index (χ1n) is 6.04. The van der Waals surface area contributed by atoms with Crippen molar-refractivity contribution in [3.8, 4) is 11.5 Å². The molecule has 0 bridgehead atoms. The van der Waals surface area contributed by atoms with Gasteiger partial charge in [0.05, 0.1) is 24.9 Å². The predicted molar refractivity (Wildman–Crippen MR) is 88.6 cm³/mol. The smallest absolute Gasteiger partial charge is 0.176 e. The zero-order valence-corrected chi connectivity index (χ0v) is 13.1. The van der Waals surface area contributed by atoms with E-state index in [1.165, 1.54) is 0 Å². The largest absolute Gasteiger partial charge is 0.497 e. The molecule has 0 saturated carbocycles. The number of ether oxygens (including phenoxy) is 2. The van der Waals surface area contributed by atoms with Crippen LogP contribution in [0.5, 0.6) is 11.5 Å². The second-order valence-electron chi connectivity index (χ2n) is 4.01. The van der Waals surface area contributed by atoms with Gasteiger partial charge in [-0.05, 0) is 36.5 Å². The maximum atomic E-state index is 5.78. The van der Waals surface area contributed by atoms with Gasteiger partial charge >= 0.3 is 0 Å². The van der Waals surface area contributed by atoms with Gasteiger partial charge in [0.15, 0.2) is 5.11 Å². The maximum absolute atomic E-state index is 5.78. The minimum Gasteiger partial charge on any atom is -0.497 e. The highest BCUT2D eigenvalue weighted by atomic mass is 35.5. The molecule has 1 heterocycles. The van der Waals surface area contributed by atoms with E-state index in [1.807, 2.05) is 12.1 Å². The fraction of sp³-hybridized carbons (Fsp3) is 0.143. The van der Waals surface area contributed by atoms with E-state index in [4.69, 9.17) is 33.3 Å². The number of methoxy groups -OCH3 is 2. The zero-order valence-electron chi connectivity index (χ0n) is 11.5. The molecule has 1 aromatic heterocycles. The van der Waals surface area contributed by atoms with Crippen LogP contribution in [0.3, 0.4) is 0 Å². The van der Waals surface area contributed by atoms with E-state index in [2.05, 4.69) is 15.6 Å². The van der Waals surface area contributed by atoms with Crippen LogP contribution >= 0.6 is 23.8 Å². The van der Waals surface area contributed by atoms with Crippen LogP contribution in [0.2, 0.25) is 5.02 Å². The minimum absolute atomic E-state index is 0.397. The van der Waals surface area contributed by atoms with E-state index in [-0.39, 0.29) is 0 Å². The Morgan fingerprint density at radius 1 is 1.14 bits per heavy atom. The lowest BCUT2D eigenvalue weighted by Gasteiger charge is -2.14. The van der Waals surface area contributed by atoms with Gasteiger partial charge < -0.3 is 20.1 Å². The standard InChI is InChI=1S/C14H14ClN3O2S/c1-19-10-4-5-11(12(7-10)20-2)17-14(21)18-13-6-3-9(15)8-16-13/h3-8H,1-2H3,(H2,16,17,18,21). The highest BCUT2D eigenvalue weighted by Crippen LogP contribution is 2.29. The van der Waals surface area contributed by atoms with E-state index < -0.39 is 0 Å². The fourth-order valence-corrected chi connectivity index (χ4v) is 1.95. The Bertz CT molecular complexity index is 635. The van der Waals surface area contributed by atoms with E-state index in [9.17, 15) is 0 Å². The molecule has 0 fully saturated rings. The molecule has 0 aliphatic rings. The maximum Gasteiger partial charge on any atom is 0.176 e. The summed E-state index contributed by atoms with van der Waals surface area (Å²) in [5.74, 6) is 1.93. The molecule has 1 aromatic carbocycles. The average Bonchev–Trinajstić information content (AvgIpc) is 2.50. The normalized spacial score (nSPS) is 9.86. The number of nitrogens with one attached hydrogen (secondary N) is 2. The van der Waals surface area contributed by atoms with Crippen molar-refractivity contribution >= 4 is 40.4 Å². The molecule has 2 aromatic rings. The Balaban J connectivity index is 2.07. The molecule has 7 heteroatoms. The van der Waals surface area contributed by atoms with Crippen molar-refractivity contribution in [3.05, 3.63) is 41.6 Å². The van der Waals surface area contributed by atoms with Crippen molar-refractivity contribution in [1.29, 1.82) is 0 Å². The molecule has 110 valence electrons. The van der Waals surface area contributed by atoms with Crippen LogP contribution in [0.25, 0.3) is 0 Å². The number of hydrogen-bond donors (Lipinski definition) is 2. The molecule has 0 aliphatic carbocycles. The summed E-state index contributed by atoms with van der Waals surface area (Å²) in [4.78, 5) is 4.11. The molecule has 0 unspecified atom stereocenters. The van der Waals surface area contributed by atoms with E-state index in [0.29, 0.717) is 27.5 Å². The van der Waals surface area contributed by atoms with Crippen LogP contribution in [-0.2, 0) is 0 Å². The number of aromatic nitrogens is 1. The van der Waals surface area contributed by atoms with Crippen LogP contribution in [-0.4, -0.2) is 24.3 Å². The van der Waals surface area contributed by atoms with E-state index in [1.54, 1.807) is 38.6 Å². The Kier molecular flexibility index (Phi) is 5.19. The summed E-state index contributed by atoms with van der Waals surface area (Å²) in [6.07, 6.45) is 1.54. The SMILES string of the molecule is COc1ccc(NC(=S)Nc2ccc(Cl)cn2)c(OC)c1. The fourth-order valence-electron chi connectivity index (χ4n) is 1.62. The molecule has 0 amide bonds. The van der Waals surface area contributed by atoms with Crippen molar-refractivity contribution in [2.75, 3.05) is 24.9 Å². The van der Waals surface area contributed by atoms with Gasteiger partial charge in [0, 0.05) is 12.3 Å². The molecule has 5 nitrogen and oxygen atoms in total. The Labute approximate surface area is 133 Å². The Morgan fingerprint density at radius 3 is 2.57 bits per heavy atom. The van der Waals surface area contributed by atoms with Crippen molar-refractivity contribution < 1.29 is 9.47 Å². The first-order valence-corrected chi connectivity index (χ1v) is 6.82. The Morgan fingerprint density at radius 2 is 1.95 bits per heavy atom. The van der Waals surface area contributed by atoms with Gasteiger partial charge in [-0.3, -0.25) is 0 Å². The number of pyridine rings is 1. The van der Waals surface area contributed by atoms with Crippen LogP contribution in [0.15, 0.2) is 36.5 Å². The topological polar surface area (TPSA) is 55.4 Å². The van der Waals surface area contributed by atoms with Crippen molar-refractivity contribution in [1.82, 2.24) is 4.98 Å². The van der Waals surface area contributed by atoms with Gasteiger partial charge in [-0.1, -0.05) is 11.6 Å². The lowest BCUT2D eigenvalue weighted by molar-refractivity contribution is 0.395. The number of hydrogen-bond acceptors (Lipinski definition) is 4. The first-order chi connectivity index (χ1) is 10.1. The second-order valence-corrected chi connectivity index (χ2v) is 4.85. The quantitative estimate of drug-likeness (QED) is 0.839. The lowest BCUT2D eigenvalue weighted by Crippen LogP contribution is -2.20. The third-order valence-corrected chi connectivity index (χ3v) is 3.05. The molecule has 0 radical (unpaired) electrons. The molecule has 0 saturated heterocycles. The van der Waals surface area contributed by atoms with Crippen LogP contribution in [0.4, 0.5) is 11.5 Å². The summed E-state index contributed by atoms with van der Waals surface area (Å²) in [7, 11) is 3.18. The van der Waals surface area contributed by atoms with E-state index in [0.717, 1.165) is 5.69 Å². The molecular formula is C14H14ClN3O2S. The highest BCUT2D eigenvalue weighted by Gasteiger charge is 2.07. The number of benzene rings is 1. The van der Waals surface area contributed by atoms with Crippen molar-refractivity contribution in [2.45, 2.75) is 0 Å². The van der Waals surface area contributed by atoms with Gasteiger partial charge in [-0.15, -0.1) is 0 Å². The Hall–Kier alpha value is -2.05. The van der Waals surface area contributed by atoms with Gasteiger partial charge in [-0.25, -0.2) is 4.98 Å². The molecule has 0 spiro atoms. The van der Waals surface area contributed by atoms with Crippen LogP contribution < -0.4 is 20.1 Å². The van der Waals surface area contributed by atoms with Gasteiger partial charge in [0.1, 0.15) is 17.3 Å². The summed E-state index contributed by atoms with van der Waals surface area (Å²) in [5, 5.41) is 6.97. The van der Waals surface area contributed by atoms with Gasteiger partial charge in [-0.2, -0.15) is 0 Å². The lowest BCUT2D eigenvalue weighted by atomic mass is 10.2. The van der Waals surface area contributed by atoms with Gasteiger partial charge in [0.2, 0.25) is 0 Å². The van der Waals surface area contributed by atoms with Gasteiger partial charge in [0.25, 0.3) is 0 Å². The number of rotatable bonds is 4. The monoisotopic (exact) mass is 323 g/mol. The van der Waals surface area contributed by atoms with Crippen molar-refractivity contribution in [3.63, 3.8) is 0 Å². The average molecular weight is 324 g/mol. The van der Waals surface area contributed by atoms with Crippen LogP contribution in [0, 0.1) is 0 Å². The zero-order chi connectivity index (χ0) is 15.2. The summed E-state index contributed by atoms with van der Waals surface area (Å²) in [6.45, 7) is 0. The van der Waals surface area contributed by atoms with Crippen LogP contribution in [0.1, 0.15) is 0 Å². The first kappa shape index (κ1) is 15.3. The van der Waals surface area contributed by atoms with Crippen molar-refractivity contribution in [2.24, 2.45) is 0 Å². The second kappa shape index (κ2) is 7.10. The van der Waals surface area contributed by atoms with E-state index >= 15 is 0 Å². The number of halogens is 1. The molecule has 2 N–H and O–H groups in total. The summed E-state index contributed by atoms with van der Waals surface area (Å²) >= 11 is 11.0. The summed E-state index contributed by atoms with van der Waals surface area (Å²) in [5.41, 5.74) is 0.727. The predicted octanol–water partition coefficient (Wildman–Crippen LogP) is 3.56. The third kappa shape index (κ3) is 4.21. The minimum atomic E-state index is 0.397. The molecule has 21 heavy (non-hydrogen) atoms. The summed E-state index contributed by atoms with van der Waals surface area (Å²) in [6, 6.07) is 8.87. The number of anilines is 2. The molecular weight excluding hydrogens is 310 g/mol. The highest BCUT2D eigenvalue weighted by molar-refractivity contribution is 7.80. The molecule has 2 rings (SSSR count). The summed E-state index contributed by atoms with van der Waals surface area (Å²) < 4.78 is 10.4. The molecule has 0 aliphatic heterocycles. The third-order valence-electron chi connectivity index (χ3n) is 2.63. The molecule has 0 atom stereocenters. The number of nitrogens with zero attached hydrogens (tertiary/aromatic N) is 1. The number of thiocarbonyl (C=S) groups is 1.